The Hall–Kier alpha value is -1.02. The van der Waals surface area contributed by atoms with Gasteiger partial charge in [-0.25, -0.2) is 0 Å². The number of benzene rings is 1. The maximum absolute atomic E-state index is 11.7. The molecule has 2 aliphatic rings. The van der Waals surface area contributed by atoms with Crippen LogP contribution in [0.25, 0.3) is 0 Å². The molecule has 0 saturated heterocycles. The van der Waals surface area contributed by atoms with E-state index in [2.05, 4.69) is 0 Å². The molecule has 0 N–H and O–H groups in total. The van der Waals surface area contributed by atoms with Crippen LogP contribution in [0.4, 0.5) is 0 Å². The summed E-state index contributed by atoms with van der Waals surface area (Å²) in [4.78, 5) is 11.7. The van der Waals surface area contributed by atoms with Gasteiger partial charge in [-0.15, -0.1) is 0 Å². The van der Waals surface area contributed by atoms with Crippen LogP contribution in [-0.2, 0) is 0 Å². The molecule has 1 spiro atoms. The Morgan fingerprint density at radius 2 is 2.15 bits per heavy atom. The molecule has 3 rings (SSSR count). The van der Waals surface area contributed by atoms with Gasteiger partial charge in [-0.05, 0) is 31.0 Å². The van der Waals surface area contributed by atoms with E-state index in [0.717, 1.165) is 12.8 Å². The Bertz CT molecular complexity index is 407. The smallest absolute Gasteiger partial charge is 0.210 e. The van der Waals surface area contributed by atoms with Gasteiger partial charge in [-0.1, -0.05) is 11.6 Å². The second kappa shape index (κ2) is 2.07. The predicted molar refractivity (Wildman–Crippen MR) is 48.4 cm³/mol. The molecular formula is C10H7ClO2. The molecule has 1 heterocycles. The largest absolute Gasteiger partial charge is 0.478 e. The highest BCUT2D eigenvalue weighted by Gasteiger charge is 2.57. The Balaban J connectivity index is 2.18. The highest BCUT2D eigenvalue weighted by Crippen LogP contribution is 2.49. The fraction of sp³-hybridized carbons (Fsp3) is 0.300. The van der Waals surface area contributed by atoms with Crippen LogP contribution in [0.15, 0.2) is 18.2 Å². The Morgan fingerprint density at radius 3 is 2.85 bits per heavy atom. The number of rotatable bonds is 0. The fourth-order valence-electron chi connectivity index (χ4n) is 1.71. The van der Waals surface area contributed by atoms with Gasteiger partial charge in [-0.2, -0.15) is 0 Å². The number of halogens is 1. The molecule has 0 radical (unpaired) electrons. The summed E-state index contributed by atoms with van der Waals surface area (Å²) in [7, 11) is 0. The minimum absolute atomic E-state index is 0.102. The van der Waals surface area contributed by atoms with Crippen molar-refractivity contribution in [3.63, 3.8) is 0 Å². The van der Waals surface area contributed by atoms with E-state index in [0.29, 0.717) is 16.3 Å². The standard InChI is InChI=1S/C10H7ClO2/c11-6-1-2-8-7(5-6)9(12)10(13-8)3-4-10/h1-2,5H,3-4H2. The minimum Gasteiger partial charge on any atom is -0.478 e. The van der Waals surface area contributed by atoms with Gasteiger partial charge in [0, 0.05) is 5.02 Å². The van der Waals surface area contributed by atoms with Crippen LogP contribution in [0.3, 0.4) is 0 Å². The van der Waals surface area contributed by atoms with Crippen LogP contribution in [0.5, 0.6) is 5.75 Å². The van der Waals surface area contributed by atoms with E-state index in [1.165, 1.54) is 0 Å². The first-order valence-corrected chi connectivity index (χ1v) is 4.62. The van der Waals surface area contributed by atoms with Crippen LogP contribution in [0, 0.1) is 0 Å². The number of ketones is 1. The van der Waals surface area contributed by atoms with Crippen molar-refractivity contribution in [1.29, 1.82) is 0 Å². The third-order valence-electron chi connectivity index (χ3n) is 2.61. The van der Waals surface area contributed by atoms with Crippen LogP contribution in [-0.4, -0.2) is 11.4 Å². The van der Waals surface area contributed by atoms with Crippen molar-refractivity contribution < 1.29 is 9.53 Å². The molecule has 1 fully saturated rings. The summed E-state index contributed by atoms with van der Waals surface area (Å²) in [6, 6.07) is 5.20. The molecule has 13 heavy (non-hydrogen) atoms. The summed E-state index contributed by atoms with van der Waals surface area (Å²) < 4.78 is 5.56. The summed E-state index contributed by atoms with van der Waals surface area (Å²) in [5, 5.41) is 0.591. The first kappa shape index (κ1) is 7.39. The van der Waals surface area contributed by atoms with E-state index < -0.39 is 5.60 Å². The van der Waals surface area contributed by atoms with Crippen molar-refractivity contribution in [3.05, 3.63) is 28.8 Å². The summed E-state index contributed by atoms with van der Waals surface area (Å²) in [5.74, 6) is 0.789. The highest BCUT2D eigenvalue weighted by molar-refractivity contribution is 6.31. The molecule has 0 amide bonds. The lowest BCUT2D eigenvalue weighted by atomic mass is 10.1. The van der Waals surface area contributed by atoms with Crippen LogP contribution in [0.2, 0.25) is 5.02 Å². The van der Waals surface area contributed by atoms with Crippen molar-refractivity contribution >= 4 is 17.4 Å². The summed E-state index contributed by atoms with van der Waals surface area (Å²) >= 11 is 5.79. The molecule has 3 heteroatoms. The maximum Gasteiger partial charge on any atom is 0.210 e. The summed E-state index contributed by atoms with van der Waals surface area (Å²) in [6.07, 6.45) is 1.69. The minimum atomic E-state index is -0.493. The molecule has 66 valence electrons. The number of fused-ring (bicyclic) bond motifs is 1. The van der Waals surface area contributed by atoms with Gasteiger partial charge >= 0.3 is 0 Å². The molecule has 1 aromatic rings. The average molecular weight is 195 g/mol. The van der Waals surface area contributed by atoms with Crippen LogP contribution >= 0.6 is 11.6 Å². The van der Waals surface area contributed by atoms with E-state index in [4.69, 9.17) is 16.3 Å². The first-order valence-electron chi connectivity index (χ1n) is 4.25. The van der Waals surface area contributed by atoms with Gasteiger partial charge in [0.1, 0.15) is 5.75 Å². The number of hydrogen-bond acceptors (Lipinski definition) is 2. The van der Waals surface area contributed by atoms with E-state index in [9.17, 15) is 4.79 Å². The Labute approximate surface area is 80.5 Å². The maximum atomic E-state index is 11.7. The second-order valence-electron chi connectivity index (χ2n) is 3.57. The lowest BCUT2D eigenvalue weighted by molar-refractivity contribution is 0.0820. The highest BCUT2D eigenvalue weighted by atomic mass is 35.5. The zero-order valence-corrected chi connectivity index (χ0v) is 7.60. The SMILES string of the molecule is O=C1c2cc(Cl)ccc2OC12CC2. The quantitative estimate of drug-likeness (QED) is 0.634. The number of carbonyl (C=O) groups excluding carboxylic acids is 1. The Kier molecular flexibility index (Phi) is 1.18. The van der Waals surface area contributed by atoms with Crippen molar-refractivity contribution in [2.45, 2.75) is 18.4 Å². The van der Waals surface area contributed by atoms with Crippen molar-refractivity contribution in [1.82, 2.24) is 0 Å². The van der Waals surface area contributed by atoms with Gasteiger partial charge in [-0.3, -0.25) is 4.79 Å². The molecule has 2 nitrogen and oxygen atoms in total. The molecule has 1 aliphatic heterocycles. The number of hydrogen-bond donors (Lipinski definition) is 0. The predicted octanol–water partition coefficient (Wildman–Crippen LogP) is 2.45. The number of carbonyl (C=O) groups is 1. The topological polar surface area (TPSA) is 26.3 Å². The molecule has 1 aromatic carbocycles. The zero-order chi connectivity index (χ0) is 9.05. The van der Waals surface area contributed by atoms with E-state index in [-0.39, 0.29) is 5.78 Å². The monoisotopic (exact) mass is 194 g/mol. The van der Waals surface area contributed by atoms with Crippen molar-refractivity contribution in [2.75, 3.05) is 0 Å². The van der Waals surface area contributed by atoms with Crippen molar-refractivity contribution in [2.24, 2.45) is 0 Å². The molecular weight excluding hydrogens is 188 g/mol. The average Bonchev–Trinajstić information content (AvgIpc) is 2.83. The molecule has 0 bridgehead atoms. The van der Waals surface area contributed by atoms with Gasteiger partial charge < -0.3 is 4.74 Å². The van der Waals surface area contributed by atoms with Gasteiger partial charge in [0.2, 0.25) is 5.78 Å². The second-order valence-corrected chi connectivity index (χ2v) is 4.00. The summed E-state index contributed by atoms with van der Waals surface area (Å²) in [6.45, 7) is 0. The fourth-order valence-corrected chi connectivity index (χ4v) is 1.89. The van der Waals surface area contributed by atoms with Gasteiger partial charge in [0.05, 0.1) is 5.56 Å². The van der Waals surface area contributed by atoms with Crippen LogP contribution < -0.4 is 4.74 Å². The molecule has 0 aromatic heterocycles. The molecule has 1 saturated carbocycles. The molecule has 0 unspecified atom stereocenters. The molecule has 0 atom stereocenters. The Morgan fingerprint density at radius 1 is 1.38 bits per heavy atom. The van der Waals surface area contributed by atoms with E-state index in [1.807, 2.05) is 0 Å². The third-order valence-corrected chi connectivity index (χ3v) is 2.84. The lowest BCUT2D eigenvalue weighted by Gasteiger charge is -2.03. The van der Waals surface area contributed by atoms with Gasteiger partial charge in [0.15, 0.2) is 5.60 Å². The summed E-state index contributed by atoms with van der Waals surface area (Å²) in [5.41, 5.74) is 0.150. The number of Topliss-reactive ketones (excluding diaryl/α,β-unsaturated/α-hetero) is 1. The number of ether oxygens (including phenoxy) is 1. The van der Waals surface area contributed by atoms with Crippen LogP contribution in [0.1, 0.15) is 23.2 Å². The third kappa shape index (κ3) is 0.866. The van der Waals surface area contributed by atoms with Gasteiger partial charge in [0.25, 0.3) is 0 Å². The molecule has 1 aliphatic carbocycles. The van der Waals surface area contributed by atoms with E-state index >= 15 is 0 Å². The zero-order valence-electron chi connectivity index (χ0n) is 6.84. The first-order chi connectivity index (χ1) is 6.21. The van der Waals surface area contributed by atoms with E-state index in [1.54, 1.807) is 18.2 Å². The normalized spacial score (nSPS) is 21.5. The van der Waals surface area contributed by atoms with Crippen molar-refractivity contribution in [3.8, 4) is 5.75 Å². The lowest BCUT2D eigenvalue weighted by Crippen LogP contribution is -2.21.